The zero-order valence-electron chi connectivity index (χ0n) is 14.7. The molecule has 1 aliphatic heterocycles. The van der Waals surface area contributed by atoms with Crippen molar-refractivity contribution in [3.05, 3.63) is 58.1 Å². The van der Waals surface area contributed by atoms with Crippen LogP contribution < -0.4 is 20.8 Å². The van der Waals surface area contributed by atoms with Crippen LogP contribution in [0.1, 0.15) is 17.8 Å². The quantitative estimate of drug-likeness (QED) is 0.736. The average molecular weight is 349 g/mol. The van der Waals surface area contributed by atoms with Gasteiger partial charge in [-0.15, -0.1) is 0 Å². The SMILES string of the molecule is COc1ccc(OC)c(/C=C2\CCn3c2nc2ccc(N)cc2c3=O)c1. The highest BCUT2D eigenvalue weighted by atomic mass is 16.5. The molecule has 4 rings (SSSR count). The molecular formula is C20H19N3O3. The van der Waals surface area contributed by atoms with Crippen LogP contribution in [0.25, 0.3) is 22.6 Å². The van der Waals surface area contributed by atoms with Crippen LogP contribution in [0, 0.1) is 0 Å². The number of hydrogen-bond acceptors (Lipinski definition) is 5. The second-order valence-electron chi connectivity index (χ2n) is 6.20. The summed E-state index contributed by atoms with van der Waals surface area (Å²) in [6, 6.07) is 10.9. The number of ether oxygens (including phenoxy) is 2. The summed E-state index contributed by atoms with van der Waals surface area (Å²) in [5, 5.41) is 0.550. The summed E-state index contributed by atoms with van der Waals surface area (Å²) in [7, 11) is 3.26. The van der Waals surface area contributed by atoms with Crippen molar-refractivity contribution in [2.75, 3.05) is 20.0 Å². The Bertz CT molecular complexity index is 1100. The van der Waals surface area contributed by atoms with Crippen LogP contribution in [0.5, 0.6) is 11.5 Å². The summed E-state index contributed by atoms with van der Waals surface area (Å²) >= 11 is 0. The monoisotopic (exact) mass is 349 g/mol. The smallest absolute Gasteiger partial charge is 0.261 e. The predicted octanol–water partition coefficient (Wildman–Crippen LogP) is 2.94. The van der Waals surface area contributed by atoms with Crippen LogP contribution in [0.15, 0.2) is 41.2 Å². The van der Waals surface area contributed by atoms with Crippen molar-refractivity contribution in [3.8, 4) is 11.5 Å². The molecular weight excluding hydrogens is 330 g/mol. The number of hydrogen-bond donors (Lipinski definition) is 1. The molecule has 6 nitrogen and oxygen atoms in total. The van der Waals surface area contributed by atoms with E-state index in [1.165, 1.54) is 0 Å². The molecule has 2 aromatic carbocycles. The topological polar surface area (TPSA) is 79.4 Å². The number of aromatic nitrogens is 2. The number of methoxy groups -OCH3 is 2. The first-order valence-electron chi connectivity index (χ1n) is 8.34. The molecule has 26 heavy (non-hydrogen) atoms. The fourth-order valence-electron chi connectivity index (χ4n) is 3.31. The van der Waals surface area contributed by atoms with Gasteiger partial charge in [0.2, 0.25) is 0 Å². The van der Waals surface area contributed by atoms with Crippen molar-refractivity contribution in [1.29, 1.82) is 0 Å². The minimum atomic E-state index is -0.0571. The summed E-state index contributed by atoms with van der Waals surface area (Å²) in [5.41, 5.74) is 8.86. The molecule has 0 fully saturated rings. The van der Waals surface area contributed by atoms with E-state index in [0.717, 1.165) is 29.1 Å². The predicted molar refractivity (Wildman–Crippen MR) is 102 cm³/mol. The molecule has 2 N–H and O–H groups in total. The number of rotatable bonds is 3. The van der Waals surface area contributed by atoms with Gasteiger partial charge < -0.3 is 15.2 Å². The molecule has 6 heteroatoms. The van der Waals surface area contributed by atoms with Crippen LogP contribution in [0.3, 0.4) is 0 Å². The van der Waals surface area contributed by atoms with Gasteiger partial charge >= 0.3 is 0 Å². The van der Waals surface area contributed by atoms with Crippen molar-refractivity contribution in [3.63, 3.8) is 0 Å². The highest BCUT2D eigenvalue weighted by Gasteiger charge is 2.21. The molecule has 0 unspecified atom stereocenters. The summed E-state index contributed by atoms with van der Waals surface area (Å²) in [6.45, 7) is 0.601. The van der Waals surface area contributed by atoms with Crippen LogP contribution in [0.2, 0.25) is 0 Å². The van der Waals surface area contributed by atoms with E-state index in [-0.39, 0.29) is 5.56 Å². The molecule has 0 aliphatic carbocycles. The fourth-order valence-corrected chi connectivity index (χ4v) is 3.31. The minimum Gasteiger partial charge on any atom is -0.497 e. The van der Waals surface area contributed by atoms with Gasteiger partial charge in [0.1, 0.15) is 17.3 Å². The third kappa shape index (κ3) is 2.60. The van der Waals surface area contributed by atoms with Crippen LogP contribution in [0.4, 0.5) is 5.69 Å². The van der Waals surface area contributed by atoms with Crippen LogP contribution in [-0.2, 0) is 6.54 Å². The van der Waals surface area contributed by atoms with E-state index in [4.69, 9.17) is 20.2 Å². The Morgan fingerprint density at radius 1 is 1.15 bits per heavy atom. The zero-order valence-corrected chi connectivity index (χ0v) is 14.7. The zero-order chi connectivity index (χ0) is 18.3. The van der Waals surface area contributed by atoms with Crippen LogP contribution >= 0.6 is 0 Å². The highest BCUT2D eigenvalue weighted by Crippen LogP contribution is 2.32. The number of nitrogens with two attached hydrogens (primary N) is 1. The number of nitrogens with zero attached hydrogens (tertiary/aromatic N) is 2. The maximum atomic E-state index is 12.8. The number of anilines is 1. The first kappa shape index (κ1) is 16.2. The van der Waals surface area contributed by atoms with Gasteiger partial charge in [0.05, 0.1) is 25.1 Å². The lowest BCUT2D eigenvalue weighted by molar-refractivity contribution is 0.402. The maximum Gasteiger partial charge on any atom is 0.261 e. The average Bonchev–Trinajstić information content (AvgIpc) is 3.05. The Morgan fingerprint density at radius 2 is 2.00 bits per heavy atom. The Balaban J connectivity index is 1.89. The lowest BCUT2D eigenvalue weighted by atomic mass is 10.1. The van der Waals surface area contributed by atoms with E-state index in [9.17, 15) is 4.79 Å². The third-order valence-corrected chi connectivity index (χ3v) is 4.64. The molecule has 0 radical (unpaired) electrons. The number of nitrogen functional groups attached to an aromatic ring is 1. The standard InChI is InChI=1S/C20H19N3O3/c1-25-15-4-6-18(26-2)13(10-15)9-12-7-8-23-19(12)22-17-5-3-14(21)11-16(17)20(23)24/h3-6,9-11H,7-8,21H2,1-2H3/b12-9+. The van der Waals surface area contributed by atoms with Crippen molar-refractivity contribution >= 4 is 28.2 Å². The molecule has 3 aromatic rings. The van der Waals surface area contributed by atoms with Gasteiger partial charge in [-0.05, 0) is 54.5 Å². The normalized spacial score (nSPS) is 14.6. The van der Waals surface area contributed by atoms with E-state index in [1.54, 1.807) is 37.0 Å². The number of benzene rings is 2. The molecule has 0 amide bonds. The first-order chi connectivity index (χ1) is 12.6. The first-order valence-corrected chi connectivity index (χ1v) is 8.34. The molecule has 2 heterocycles. The van der Waals surface area contributed by atoms with E-state index >= 15 is 0 Å². The van der Waals surface area contributed by atoms with E-state index in [1.807, 2.05) is 24.3 Å². The van der Waals surface area contributed by atoms with Gasteiger partial charge in [-0.3, -0.25) is 9.36 Å². The van der Waals surface area contributed by atoms with Gasteiger partial charge in [0.25, 0.3) is 5.56 Å². The largest absolute Gasteiger partial charge is 0.497 e. The molecule has 0 atom stereocenters. The van der Waals surface area contributed by atoms with Gasteiger partial charge in [-0.2, -0.15) is 0 Å². The van der Waals surface area contributed by atoms with E-state index in [0.29, 0.717) is 29.0 Å². The summed E-state index contributed by atoms with van der Waals surface area (Å²) in [4.78, 5) is 17.5. The molecule has 1 aromatic heterocycles. The summed E-state index contributed by atoms with van der Waals surface area (Å²) in [6.07, 6.45) is 2.74. The lowest BCUT2D eigenvalue weighted by Crippen LogP contribution is -2.20. The second-order valence-corrected chi connectivity index (χ2v) is 6.20. The summed E-state index contributed by atoms with van der Waals surface area (Å²) < 4.78 is 12.5. The Morgan fingerprint density at radius 3 is 2.77 bits per heavy atom. The maximum absolute atomic E-state index is 12.8. The Kier molecular flexibility index (Phi) is 3.88. The molecule has 0 spiro atoms. The molecule has 132 valence electrons. The van der Waals surface area contributed by atoms with Gasteiger partial charge in [-0.1, -0.05) is 0 Å². The third-order valence-electron chi connectivity index (χ3n) is 4.64. The Labute approximate surface area is 150 Å². The Hall–Kier alpha value is -3.28. The van der Waals surface area contributed by atoms with Crippen molar-refractivity contribution in [2.45, 2.75) is 13.0 Å². The lowest BCUT2D eigenvalue weighted by Gasteiger charge is -2.09. The van der Waals surface area contributed by atoms with Gasteiger partial charge in [0, 0.05) is 17.8 Å². The van der Waals surface area contributed by atoms with Crippen molar-refractivity contribution in [2.24, 2.45) is 0 Å². The molecule has 0 saturated heterocycles. The minimum absolute atomic E-state index is 0.0571. The number of allylic oxidation sites excluding steroid dienone is 1. The molecule has 1 aliphatic rings. The fraction of sp³-hybridized carbons (Fsp3) is 0.200. The van der Waals surface area contributed by atoms with Crippen molar-refractivity contribution < 1.29 is 9.47 Å². The van der Waals surface area contributed by atoms with E-state index < -0.39 is 0 Å². The van der Waals surface area contributed by atoms with Crippen molar-refractivity contribution in [1.82, 2.24) is 9.55 Å². The highest BCUT2D eigenvalue weighted by molar-refractivity contribution is 5.87. The molecule has 0 bridgehead atoms. The van der Waals surface area contributed by atoms with Crippen LogP contribution in [-0.4, -0.2) is 23.8 Å². The van der Waals surface area contributed by atoms with E-state index in [2.05, 4.69) is 0 Å². The van der Waals surface area contributed by atoms with Gasteiger partial charge in [-0.25, -0.2) is 4.98 Å². The van der Waals surface area contributed by atoms with Gasteiger partial charge in [0.15, 0.2) is 0 Å². The molecule has 0 saturated carbocycles. The summed E-state index contributed by atoms with van der Waals surface area (Å²) in [5.74, 6) is 2.18. The second kappa shape index (κ2) is 6.22. The number of fused-ring (bicyclic) bond motifs is 2.